The van der Waals surface area contributed by atoms with Crippen molar-refractivity contribution in [1.29, 1.82) is 0 Å². The van der Waals surface area contributed by atoms with Crippen molar-refractivity contribution in [2.45, 2.75) is 24.2 Å². The van der Waals surface area contributed by atoms with Crippen LogP contribution in [0.2, 0.25) is 17.3 Å². The fourth-order valence-electron chi connectivity index (χ4n) is 5.96. The molecule has 0 aliphatic heterocycles. The van der Waals surface area contributed by atoms with Crippen LogP contribution < -0.4 is 4.40 Å². The molecule has 0 bridgehead atoms. The maximum atomic E-state index is 14.3. The quantitative estimate of drug-likeness (QED) is 0.128. The Kier molecular flexibility index (Phi) is 10.6. The Morgan fingerprint density at radius 3 is 2.10 bits per heavy atom. The van der Waals surface area contributed by atoms with Gasteiger partial charge in [0.1, 0.15) is 11.4 Å². The predicted octanol–water partition coefficient (Wildman–Crippen LogP) is 11.3. The number of nitrogens with zero attached hydrogens (tertiary/aromatic N) is 2. The summed E-state index contributed by atoms with van der Waals surface area (Å²) in [6.07, 6.45) is 3.95. The van der Waals surface area contributed by atoms with Crippen LogP contribution >= 0.6 is 0 Å². The van der Waals surface area contributed by atoms with Gasteiger partial charge < -0.3 is 9.40 Å². The molecule has 0 N–H and O–H groups in total. The molecule has 0 saturated carbocycles. The van der Waals surface area contributed by atoms with Crippen LogP contribution in [-0.2, 0) is 20.1 Å². The van der Waals surface area contributed by atoms with Crippen molar-refractivity contribution in [2.24, 2.45) is 0 Å². The van der Waals surface area contributed by atoms with Crippen LogP contribution in [0.4, 0.5) is 4.39 Å². The average Bonchev–Trinajstić information content (AvgIpc) is 3.51. The molecule has 3 nitrogen and oxygen atoms in total. The van der Waals surface area contributed by atoms with Crippen molar-refractivity contribution < 1.29 is 28.9 Å². The van der Waals surface area contributed by atoms with E-state index < -0.39 is 13.3 Å². The predicted molar refractivity (Wildman–Crippen MR) is 203 cm³/mol. The Hall–Kier alpha value is -4.68. The molecule has 3 aromatic heterocycles. The zero-order chi connectivity index (χ0) is 34.0. The average molecular weight is 892 g/mol. The van der Waals surface area contributed by atoms with E-state index in [9.17, 15) is 4.39 Å². The van der Waals surface area contributed by atoms with Gasteiger partial charge in [-0.05, 0) is 41.4 Å². The van der Waals surface area contributed by atoms with E-state index in [0.29, 0.717) is 11.1 Å². The first-order chi connectivity index (χ1) is 23.8. The van der Waals surface area contributed by atoms with Crippen LogP contribution in [0.25, 0.3) is 66.7 Å². The Bertz CT molecular complexity index is 2390. The zero-order valence-electron chi connectivity index (χ0n) is 28.3. The van der Waals surface area contributed by atoms with Gasteiger partial charge in [-0.1, -0.05) is 77.7 Å². The number of rotatable bonds is 5. The Balaban J connectivity index is 0.000000215. The number of hydrogen-bond donors (Lipinski definition) is 0. The fourth-order valence-corrected chi connectivity index (χ4v) is 8.13. The minimum Gasteiger partial charge on any atom is 0 e. The smallest absolute Gasteiger partial charge is 0 e. The van der Waals surface area contributed by atoms with E-state index in [1.807, 2.05) is 91.3 Å². The summed E-state index contributed by atoms with van der Waals surface area (Å²) in [5.74, 6) is 6.89. The molecule has 0 saturated heterocycles. The normalized spacial score (nSPS) is 11.1. The first-order valence-corrected chi connectivity index (χ1v) is 23.7. The molecule has 249 valence electrons. The van der Waals surface area contributed by atoms with E-state index in [1.165, 1.54) is 10.5 Å². The molecule has 0 amide bonds. The molecule has 8 aromatic rings. The Morgan fingerprint density at radius 2 is 1.40 bits per heavy atom. The second-order valence-corrected chi connectivity index (χ2v) is 23.7. The number of furan rings is 1. The number of halogens is 1. The minimum absolute atomic E-state index is 0. The van der Waals surface area contributed by atoms with Gasteiger partial charge in [0.25, 0.3) is 0 Å². The largest absolute Gasteiger partial charge is 0 e. The molecule has 0 unspecified atom stereocenters. The molecule has 0 atom stereocenters. The van der Waals surface area contributed by atoms with Gasteiger partial charge in [0, 0.05) is 42.8 Å². The summed E-state index contributed by atoms with van der Waals surface area (Å²) in [5, 5.41) is 1.98. The van der Waals surface area contributed by atoms with Crippen molar-refractivity contribution >= 4 is 39.6 Å². The van der Waals surface area contributed by atoms with Crippen LogP contribution in [0.5, 0.6) is 0 Å². The monoisotopic (exact) mass is 893 g/mol. The molecular formula is C44H35FGeIrN2O-2. The zero-order valence-corrected chi connectivity index (χ0v) is 32.8. The van der Waals surface area contributed by atoms with Gasteiger partial charge in [0.2, 0.25) is 0 Å². The van der Waals surface area contributed by atoms with Gasteiger partial charge >= 0.3 is 99.8 Å². The summed E-state index contributed by atoms with van der Waals surface area (Å²) in [6.45, 7) is 2.09. The standard InChI is InChI=1S/C30H19FNO.C14H16GeN.Ir/c1-19-16-28(32-18-26(19)20-8-3-2-4-9-20)25-12-7-11-24-23-15-14-21(17-29(23)33-30(24)25)22-10-5-6-13-27(22)31;1-15(2,3)13-9-10-14(16-11-13)12-7-5-4-6-8-12;/h2-11,13-18H,1H3;4-7,9-11H,1-3H3;/q2*-1;. The first kappa shape index (κ1) is 35.2. The molecule has 0 aliphatic rings. The second kappa shape index (κ2) is 15.1. The molecule has 6 heteroatoms. The number of hydrogen-bond acceptors (Lipinski definition) is 3. The van der Waals surface area contributed by atoms with Crippen molar-refractivity contribution in [1.82, 2.24) is 9.97 Å². The molecule has 1 radical (unpaired) electrons. The van der Waals surface area contributed by atoms with Crippen LogP contribution in [0.1, 0.15) is 5.56 Å². The first-order valence-electron chi connectivity index (χ1n) is 16.3. The maximum Gasteiger partial charge on any atom is 0 e. The van der Waals surface area contributed by atoms with Gasteiger partial charge in [0.05, 0.1) is 5.58 Å². The van der Waals surface area contributed by atoms with Gasteiger partial charge in [-0.2, -0.15) is 0 Å². The molecule has 3 heterocycles. The summed E-state index contributed by atoms with van der Waals surface area (Å²) < 4.78 is 22.1. The van der Waals surface area contributed by atoms with Gasteiger partial charge in [-0.15, -0.1) is 18.2 Å². The van der Waals surface area contributed by atoms with Crippen LogP contribution in [0.15, 0.2) is 144 Å². The molecule has 0 aliphatic carbocycles. The van der Waals surface area contributed by atoms with Crippen molar-refractivity contribution in [3.05, 3.63) is 163 Å². The van der Waals surface area contributed by atoms with Gasteiger partial charge in [0.15, 0.2) is 0 Å². The summed E-state index contributed by atoms with van der Waals surface area (Å²) in [4.78, 5) is 9.27. The molecule has 8 rings (SSSR count). The van der Waals surface area contributed by atoms with Crippen LogP contribution in [-0.4, -0.2) is 23.2 Å². The van der Waals surface area contributed by atoms with Crippen LogP contribution in [0, 0.1) is 24.9 Å². The third-order valence-corrected chi connectivity index (χ3v) is 12.9. The summed E-state index contributed by atoms with van der Waals surface area (Å²) in [6, 6.07) is 47.6. The molecule has 5 aromatic carbocycles. The summed E-state index contributed by atoms with van der Waals surface area (Å²) in [5.41, 5.74) is 9.87. The molecule has 50 heavy (non-hydrogen) atoms. The van der Waals surface area contributed by atoms with E-state index in [4.69, 9.17) is 9.40 Å². The Labute approximate surface area is 309 Å². The van der Waals surface area contributed by atoms with E-state index in [-0.39, 0.29) is 25.9 Å². The Morgan fingerprint density at radius 1 is 0.640 bits per heavy atom. The van der Waals surface area contributed by atoms with E-state index in [2.05, 4.69) is 71.6 Å². The fraction of sp³-hybridized carbons (Fsp3) is 0.0909. The number of aromatic nitrogens is 2. The molecule has 0 spiro atoms. The number of pyridine rings is 2. The molecular weight excluding hydrogens is 856 g/mol. The van der Waals surface area contributed by atoms with Crippen molar-refractivity contribution in [3.63, 3.8) is 0 Å². The number of fused-ring (bicyclic) bond motifs is 3. The van der Waals surface area contributed by atoms with Crippen molar-refractivity contribution in [3.8, 4) is 44.8 Å². The molecule has 0 fully saturated rings. The number of aryl methyl sites for hydroxylation is 1. The van der Waals surface area contributed by atoms with E-state index in [0.717, 1.165) is 61.1 Å². The van der Waals surface area contributed by atoms with Gasteiger partial charge in [-0.3, -0.25) is 0 Å². The van der Waals surface area contributed by atoms with Crippen LogP contribution in [0.3, 0.4) is 0 Å². The number of benzene rings is 5. The van der Waals surface area contributed by atoms with Gasteiger partial charge in [-0.25, -0.2) is 4.39 Å². The summed E-state index contributed by atoms with van der Waals surface area (Å²) >= 11 is -1.72. The van der Waals surface area contributed by atoms with Crippen molar-refractivity contribution in [2.75, 3.05) is 0 Å². The maximum absolute atomic E-state index is 14.3. The third kappa shape index (κ3) is 7.41. The minimum atomic E-state index is -1.72. The third-order valence-electron chi connectivity index (χ3n) is 8.68. The van der Waals surface area contributed by atoms with E-state index >= 15 is 0 Å². The topological polar surface area (TPSA) is 38.9 Å². The SMILES string of the molecule is Cc1cc(-c2[c-]ccc3c2oc2cc(-c4ccccc4F)ccc23)ncc1-c1ccccc1.[CH3][Ge]([CH3])([CH3])[c]1ccc(-c2[c-]cccc2)nc1.[Ir]. The van der Waals surface area contributed by atoms with E-state index in [1.54, 1.807) is 12.1 Å². The second-order valence-electron chi connectivity index (χ2n) is 13.1. The summed E-state index contributed by atoms with van der Waals surface area (Å²) in [7, 11) is 0.